The van der Waals surface area contributed by atoms with Crippen LogP contribution in [0, 0.1) is 0 Å². The van der Waals surface area contributed by atoms with Gasteiger partial charge in [-0.25, -0.2) is 9.97 Å². The normalized spacial score (nSPS) is 11.0. The topological polar surface area (TPSA) is 101 Å². The second-order valence-electron chi connectivity index (χ2n) is 7.53. The number of hydrogen-bond donors (Lipinski definition) is 0. The van der Waals surface area contributed by atoms with Crippen molar-refractivity contribution in [1.29, 1.82) is 0 Å². The second-order valence-corrected chi connectivity index (χ2v) is 7.53. The summed E-state index contributed by atoms with van der Waals surface area (Å²) in [6.45, 7) is 1.65. The Balaban J connectivity index is 1.66. The minimum absolute atomic E-state index is 0.370. The molecule has 0 atom stereocenters. The Kier molecular flexibility index (Phi) is 7.96. The summed E-state index contributed by atoms with van der Waals surface area (Å²) in [6.07, 6.45) is 1.50. The van der Waals surface area contributed by atoms with Gasteiger partial charge < -0.3 is 28.2 Å². The average molecular weight is 481 g/mol. The molecule has 4 rings (SSSR count). The first-order valence-corrected chi connectivity index (χ1v) is 11.0. The third-order valence-corrected chi connectivity index (χ3v) is 5.30. The van der Waals surface area contributed by atoms with Crippen LogP contribution in [0.15, 0.2) is 53.3 Å². The zero-order valence-corrected chi connectivity index (χ0v) is 20.2. The van der Waals surface area contributed by atoms with Crippen molar-refractivity contribution in [2.45, 2.75) is 0 Å². The number of anilines is 2. The van der Waals surface area contributed by atoms with Gasteiger partial charge in [0.05, 0.1) is 25.8 Å². The van der Waals surface area contributed by atoms with E-state index in [4.69, 9.17) is 28.2 Å². The van der Waals surface area contributed by atoms with Gasteiger partial charge in [-0.05, 0) is 30.3 Å². The van der Waals surface area contributed by atoms with E-state index in [0.717, 1.165) is 16.7 Å². The molecular formula is C25H28N4O6. The van der Waals surface area contributed by atoms with Crippen LogP contribution in [0.1, 0.15) is 0 Å². The highest BCUT2D eigenvalue weighted by Gasteiger charge is 2.18. The van der Waals surface area contributed by atoms with E-state index in [2.05, 4.69) is 15.1 Å². The highest BCUT2D eigenvalue weighted by atomic mass is 16.5. The molecule has 0 saturated carbocycles. The summed E-state index contributed by atoms with van der Waals surface area (Å²) in [5.41, 5.74) is 2.31. The van der Waals surface area contributed by atoms with E-state index in [0.29, 0.717) is 60.8 Å². The molecule has 0 radical (unpaired) electrons. The third-order valence-electron chi connectivity index (χ3n) is 5.30. The summed E-state index contributed by atoms with van der Waals surface area (Å²) in [7, 11) is 6.73. The summed E-state index contributed by atoms with van der Waals surface area (Å²) in [6, 6.07) is 13.2. The maximum atomic E-state index is 5.93. The molecule has 0 unspecified atom stereocenters. The highest BCUT2D eigenvalue weighted by Crippen LogP contribution is 2.37. The largest absolute Gasteiger partial charge is 0.497 e. The Morgan fingerprint density at radius 2 is 1.51 bits per heavy atom. The molecule has 0 saturated heterocycles. The summed E-state index contributed by atoms with van der Waals surface area (Å²) in [5, 5.41) is 4.99. The molecule has 0 aliphatic carbocycles. The minimum atomic E-state index is 0.370. The van der Waals surface area contributed by atoms with Crippen molar-refractivity contribution in [3.63, 3.8) is 0 Å². The summed E-state index contributed by atoms with van der Waals surface area (Å²) in [5.74, 6) is 3.06. The van der Waals surface area contributed by atoms with Gasteiger partial charge in [0.15, 0.2) is 11.5 Å². The zero-order chi connectivity index (χ0) is 24.6. The molecule has 35 heavy (non-hydrogen) atoms. The van der Waals surface area contributed by atoms with E-state index in [1.54, 1.807) is 21.3 Å². The first kappa shape index (κ1) is 24.2. The van der Waals surface area contributed by atoms with Gasteiger partial charge in [-0.2, -0.15) is 0 Å². The predicted molar refractivity (Wildman–Crippen MR) is 131 cm³/mol. The lowest BCUT2D eigenvalue weighted by atomic mass is 10.1. The van der Waals surface area contributed by atoms with Gasteiger partial charge in [0.25, 0.3) is 0 Å². The standard InChI is InChI=1S/C25H28N4O6/c1-29(24-15-20(28-35-24)17-5-7-18(32-4)8-6-17)25-19-13-22(33-11-9-30-2)23(34-12-10-31-3)14-21(19)26-16-27-25/h5-8,13-16H,9-12H2,1-4H3. The van der Waals surface area contributed by atoms with Gasteiger partial charge in [-0.3, -0.25) is 4.90 Å². The fraction of sp³-hybridized carbons (Fsp3) is 0.320. The van der Waals surface area contributed by atoms with Crippen LogP contribution >= 0.6 is 0 Å². The lowest BCUT2D eigenvalue weighted by Crippen LogP contribution is -2.12. The Morgan fingerprint density at radius 1 is 0.829 bits per heavy atom. The number of rotatable bonds is 12. The highest BCUT2D eigenvalue weighted by molar-refractivity contribution is 5.93. The monoisotopic (exact) mass is 480 g/mol. The molecule has 0 spiro atoms. The van der Waals surface area contributed by atoms with E-state index in [1.165, 1.54) is 6.33 Å². The Hall–Kier alpha value is -3.89. The van der Waals surface area contributed by atoms with E-state index < -0.39 is 0 Å². The molecule has 0 aliphatic heterocycles. The molecule has 0 aliphatic rings. The van der Waals surface area contributed by atoms with Crippen molar-refractivity contribution >= 4 is 22.6 Å². The van der Waals surface area contributed by atoms with Crippen LogP contribution in [-0.2, 0) is 9.47 Å². The number of fused-ring (bicyclic) bond motifs is 1. The SMILES string of the molecule is COCCOc1cc2ncnc(N(C)c3cc(-c4ccc(OC)cc4)no3)c2cc1OCCOC. The molecule has 0 fully saturated rings. The van der Waals surface area contributed by atoms with E-state index in [9.17, 15) is 0 Å². The fourth-order valence-electron chi connectivity index (χ4n) is 3.44. The summed E-state index contributed by atoms with van der Waals surface area (Å²) >= 11 is 0. The van der Waals surface area contributed by atoms with Crippen LogP contribution < -0.4 is 19.1 Å². The van der Waals surface area contributed by atoms with Crippen molar-refractivity contribution in [2.24, 2.45) is 0 Å². The van der Waals surface area contributed by atoms with Gasteiger partial charge in [-0.15, -0.1) is 0 Å². The first-order valence-electron chi connectivity index (χ1n) is 11.0. The molecule has 0 N–H and O–H groups in total. The Labute approximate surface area is 203 Å². The molecule has 2 aromatic heterocycles. The predicted octanol–water partition coefficient (Wildman–Crippen LogP) is 4.11. The van der Waals surface area contributed by atoms with Crippen LogP contribution in [0.2, 0.25) is 0 Å². The smallest absolute Gasteiger partial charge is 0.233 e. The molecule has 10 nitrogen and oxygen atoms in total. The number of ether oxygens (including phenoxy) is 5. The quantitative estimate of drug-likeness (QED) is 0.275. The Morgan fingerprint density at radius 3 is 2.17 bits per heavy atom. The van der Waals surface area contributed by atoms with E-state index in [-0.39, 0.29) is 0 Å². The van der Waals surface area contributed by atoms with Crippen molar-refractivity contribution < 1.29 is 28.2 Å². The molecule has 10 heteroatoms. The number of benzene rings is 2. The van der Waals surface area contributed by atoms with Crippen LogP contribution in [0.4, 0.5) is 11.7 Å². The maximum Gasteiger partial charge on any atom is 0.233 e. The molecule has 0 amide bonds. The first-order chi connectivity index (χ1) is 17.1. The van der Waals surface area contributed by atoms with Crippen LogP contribution in [0.5, 0.6) is 17.2 Å². The Bertz CT molecular complexity index is 1240. The van der Waals surface area contributed by atoms with Gasteiger partial charge in [0, 0.05) is 44.3 Å². The van der Waals surface area contributed by atoms with E-state index in [1.807, 2.05) is 54.4 Å². The van der Waals surface area contributed by atoms with Crippen molar-refractivity contribution in [3.05, 3.63) is 48.8 Å². The molecular weight excluding hydrogens is 452 g/mol. The average Bonchev–Trinajstić information content (AvgIpc) is 3.39. The van der Waals surface area contributed by atoms with E-state index >= 15 is 0 Å². The number of methoxy groups -OCH3 is 3. The van der Waals surface area contributed by atoms with Crippen molar-refractivity contribution in [2.75, 3.05) is 59.7 Å². The number of nitrogens with zero attached hydrogens (tertiary/aromatic N) is 4. The van der Waals surface area contributed by atoms with Gasteiger partial charge in [0.1, 0.15) is 36.8 Å². The van der Waals surface area contributed by atoms with Gasteiger partial charge >= 0.3 is 0 Å². The molecule has 2 heterocycles. The molecule has 0 bridgehead atoms. The minimum Gasteiger partial charge on any atom is -0.497 e. The molecule has 184 valence electrons. The summed E-state index contributed by atoms with van der Waals surface area (Å²) in [4.78, 5) is 10.7. The lowest BCUT2D eigenvalue weighted by molar-refractivity contribution is 0.132. The second kappa shape index (κ2) is 11.5. The number of hydrogen-bond acceptors (Lipinski definition) is 10. The zero-order valence-electron chi connectivity index (χ0n) is 20.2. The van der Waals surface area contributed by atoms with Crippen LogP contribution in [-0.4, -0.2) is 69.9 Å². The van der Waals surface area contributed by atoms with Crippen LogP contribution in [0.3, 0.4) is 0 Å². The maximum absolute atomic E-state index is 5.93. The molecule has 2 aromatic carbocycles. The third kappa shape index (κ3) is 5.61. The summed E-state index contributed by atoms with van der Waals surface area (Å²) < 4.78 is 32.9. The lowest BCUT2D eigenvalue weighted by Gasteiger charge is -2.18. The van der Waals surface area contributed by atoms with Crippen LogP contribution in [0.25, 0.3) is 22.2 Å². The fourth-order valence-corrected chi connectivity index (χ4v) is 3.44. The molecule has 4 aromatic rings. The van der Waals surface area contributed by atoms with Gasteiger partial charge in [0.2, 0.25) is 5.88 Å². The van der Waals surface area contributed by atoms with Crippen molar-refractivity contribution in [1.82, 2.24) is 15.1 Å². The van der Waals surface area contributed by atoms with Crippen molar-refractivity contribution in [3.8, 4) is 28.5 Å². The van der Waals surface area contributed by atoms with Gasteiger partial charge in [-0.1, -0.05) is 5.16 Å². The number of aromatic nitrogens is 3.